The first-order valence-electron chi connectivity index (χ1n) is 13.9. The smallest absolute Gasteiger partial charge is 0.303 e. The van der Waals surface area contributed by atoms with Crippen molar-refractivity contribution in [3.05, 3.63) is 65.4 Å². The van der Waals surface area contributed by atoms with Gasteiger partial charge in [0, 0.05) is 40.2 Å². The molecule has 2 rings (SSSR count). The summed E-state index contributed by atoms with van der Waals surface area (Å²) in [7, 11) is 3.37. The van der Waals surface area contributed by atoms with Gasteiger partial charge in [-0.3, -0.25) is 9.59 Å². The summed E-state index contributed by atoms with van der Waals surface area (Å²) in [5.41, 5.74) is 1.11. The number of benzene rings is 2. The summed E-state index contributed by atoms with van der Waals surface area (Å²) in [5.74, 6) is 2.06. The number of phenols is 1. The van der Waals surface area contributed by atoms with Gasteiger partial charge in [-0.15, -0.1) is 0 Å². The summed E-state index contributed by atoms with van der Waals surface area (Å²) >= 11 is 0. The first kappa shape index (κ1) is 35.1. The summed E-state index contributed by atoms with van der Waals surface area (Å²) in [6.45, 7) is 6.58. The molecule has 3 N–H and O–H groups in total. The third kappa shape index (κ3) is 12.4. The molecule has 0 saturated carbocycles. The number of rotatable bonds is 17. The Hall–Kier alpha value is -5.12. The maximum Gasteiger partial charge on any atom is 0.303 e. The molecule has 0 aliphatic carbocycles. The minimum Gasteiger partial charge on any atom is -0.507 e. The van der Waals surface area contributed by atoms with Gasteiger partial charge in [-0.25, -0.2) is 9.59 Å². The lowest BCUT2D eigenvalue weighted by Gasteiger charge is -2.28. The van der Waals surface area contributed by atoms with Crippen LogP contribution in [0.2, 0.25) is 0 Å². The number of likely N-dealkylation sites (N-methyl/N-ethyl adjacent to an activating group) is 2. The molecule has 0 aliphatic heterocycles. The van der Waals surface area contributed by atoms with Crippen LogP contribution < -0.4 is 5.32 Å². The number of carboxylic acid groups (broad SMARTS) is 1. The van der Waals surface area contributed by atoms with Gasteiger partial charge in [-0.1, -0.05) is 12.1 Å². The van der Waals surface area contributed by atoms with E-state index >= 15 is 0 Å². The summed E-state index contributed by atoms with van der Waals surface area (Å²) in [4.78, 5) is 49.0. The van der Waals surface area contributed by atoms with E-state index in [-0.39, 0.29) is 42.7 Å². The number of nitrogens with one attached hydrogen (secondary N) is 1. The van der Waals surface area contributed by atoms with E-state index in [0.29, 0.717) is 37.3 Å². The van der Waals surface area contributed by atoms with E-state index < -0.39 is 17.5 Å². The molecule has 0 radical (unpaired) electrons. The van der Waals surface area contributed by atoms with Gasteiger partial charge < -0.3 is 34.8 Å². The molecule has 0 spiro atoms. The van der Waals surface area contributed by atoms with Crippen molar-refractivity contribution in [3.63, 3.8) is 0 Å². The van der Waals surface area contributed by atoms with Crippen LogP contribution in [0.1, 0.15) is 56.0 Å². The van der Waals surface area contributed by atoms with Gasteiger partial charge in [0.25, 0.3) is 17.7 Å². The minimum atomic E-state index is -0.894. The summed E-state index contributed by atoms with van der Waals surface area (Å²) in [6.07, 6.45) is 0.949. The Balaban J connectivity index is 1.90. The molecular formula is C31H39N5O8. The fourth-order valence-electron chi connectivity index (χ4n) is 3.58. The van der Waals surface area contributed by atoms with E-state index in [2.05, 4.69) is 15.5 Å². The number of nitrogens with zero attached hydrogens (tertiary/aromatic N) is 4. The molecule has 0 aromatic heterocycles. The van der Waals surface area contributed by atoms with Crippen LogP contribution in [0.3, 0.4) is 0 Å². The summed E-state index contributed by atoms with van der Waals surface area (Å²) in [5, 5.41) is 29.7. The normalized spacial score (nSPS) is 10.8. The predicted octanol–water partition coefficient (Wildman–Crippen LogP) is 4.33. The van der Waals surface area contributed by atoms with Gasteiger partial charge in [-0.2, -0.15) is 10.2 Å². The summed E-state index contributed by atoms with van der Waals surface area (Å²) in [6, 6.07) is 11.2. The molecule has 0 atom stereocenters. The number of carbonyl (C=O) groups excluding carboxylic acids is 3. The Kier molecular flexibility index (Phi) is 13.6. The monoisotopic (exact) mass is 609 g/mol. The number of aliphatic carboxylic acids is 1. The zero-order chi connectivity index (χ0) is 32.7. The molecule has 44 heavy (non-hydrogen) atoms. The van der Waals surface area contributed by atoms with E-state index in [1.54, 1.807) is 60.0 Å². The Labute approximate surface area is 256 Å². The largest absolute Gasteiger partial charge is 0.507 e. The highest BCUT2D eigenvalue weighted by atomic mass is 16.5. The lowest BCUT2D eigenvalue weighted by molar-refractivity contribution is -0.137. The molecule has 13 nitrogen and oxygen atoms in total. The molecule has 2 aromatic carbocycles. The number of aromatic hydroxyl groups is 1. The number of carboxylic acids is 1. The molecule has 1 amide bonds. The molecule has 0 aliphatic rings. The fraction of sp³-hybridized carbons (Fsp3) is 0.419. The number of phenolic OH excluding ortho intramolecular Hbond substituents is 1. The molecular weight excluding hydrogens is 570 g/mol. The number of azo groups is 1. The molecule has 0 fully saturated rings. The molecule has 236 valence electrons. The van der Waals surface area contributed by atoms with Crippen LogP contribution in [0.4, 0.5) is 11.4 Å². The first-order chi connectivity index (χ1) is 20.8. The number of hydrogen-bond acceptors (Lipinski definition) is 11. The topological polar surface area (TPSA) is 170 Å². The van der Waals surface area contributed by atoms with Crippen molar-refractivity contribution in [3.8, 4) is 5.75 Å². The zero-order valence-electron chi connectivity index (χ0n) is 25.6. The number of amides is 1. The summed E-state index contributed by atoms with van der Waals surface area (Å²) < 4.78 is 11.3. The Bertz CT molecular complexity index is 1410. The number of hydrogen-bond donors (Lipinski definition) is 3. The van der Waals surface area contributed by atoms with Crippen LogP contribution in [0.5, 0.6) is 5.75 Å². The van der Waals surface area contributed by atoms with Crippen molar-refractivity contribution in [2.24, 2.45) is 10.2 Å². The molecule has 0 bridgehead atoms. The van der Waals surface area contributed by atoms with Crippen molar-refractivity contribution in [1.29, 1.82) is 0 Å². The maximum atomic E-state index is 12.4. The van der Waals surface area contributed by atoms with Crippen molar-refractivity contribution in [1.82, 2.24) is 15.1 Å². The van der Waals surface area contributed by atoms with Crippen molar-refractivity contribution in [2.75, 3.05) is 33.7 Å². The standard InChI is InChI=1S/C31H39N5O8/c1-31(2,3)44-28(20-38)36(5)17-16-35(4)27(19-37)43-21-22-9-11-23(12-10-22)33-34-24-13-14-26(39)25(18-24)30(42)32-15-7-6-8-29(40)41/h9-14,18,39H,6-8,15-17,21H2,1-5H3,(H,32,42)(H,40,41). The van der Waals surface area contributed by atoms with Gasteiger partial charge in [0.05, 0.1) is 16.9 Å². The van der Waals surface area contributed by atoms with Crippen LogP contribution in [0.15, 0.2) is 64.5 Å². The van der Waals surface area contributed by atoms with Crippen molar-refractivity contribution in [2.45, 2.75) is 52.2 Å². The quantitative estimate of drug-likeness (QED) is 0.101. The van der Waals surface area contributed by atoms with E-state index in [9.17, 15) is 24.3 Å². The Morgan fingerprint density at radius 1 is 0.909 bits per heavy atom. The van der Waals surface area contributed by atoms with Crippen LogP contribution >= 0.6 is 0 Å². The number of carbonyl (C=O) groups is 2. The highest BCUT2D eigenvalue weighted by Crippen LogP contribution is 2.25. The SMILES string of the molecule is CN(CCN(C)C(=C=O)OC(C)(C)C)C(=C=O)OCc1ccc(N=Nc2ccc(O)c(C(=O)NCCCCC(=O)O)c2)cc1. The predicted molar refractivity (Wildman–Crippen MR) is 162 cm³/mol. The fourth-order valence-corrected chi connectivity index (χ4v) is 3.58. The van der Waals surface area contributed by atoms with E-state index in [1.807, 2.05) is 20.8 Å². The van der Waals surface area contributed by atoms with Gasteiger partial charge in [-0.05, 0) is 69.5 Å². The second-order valence-corrected chi connectivity index (χ2v) is 10.8. The van der Waals surface area contributed by atoms with Gasteiger partial charge in [0.15, 0.2) is 11.9 Å². The lowest BCUT2D eigenvalue weighted by Crippen LogP contribution is -2.34. The molecule has 0 saturated heterocycles. The molecule has 0 unspecified atom stereocenters. The third-order valence-electron chi connectivity index (χ3n) is 5.96. The van der Waals surface area contributed by atoms with E-state index in [1.165, 1.54) is 18.2 Å². The number of ether oxygens (including phenoxy) is 2. The van der Waals surface area contributed by atoms with Crippen LogP contribution in [0.25, 0.3) is 0 Å². The van der Waals surface area contributed by atoms with Crippen molar-refractivity contribution >= 4 is 35.1 Å². The van der Waals surface area contributed by atoms with E-state index in [0.717, 1.165) is 5.56 Å². The first-order valence-corrected chi connectivity index (χ1v) is 13.9. The van der Waals surface area contributed by atoms with E-state index in [4.69, 9.17) is 14.6 Å². The second-order valence-electron chi connectivity index (χ2n) is 10.8. The van der Waals surface area contributed by atoms with Gasteiger partial charge in [0.1, 0.15) is 18.0 Å². The van der Waals surface area contributed by atoms with Crippen LogP contribution in [-0.2, 0) is 30.5 Å². The maximum absolute atomic E-state index is 12.4. The molecule has 13 heteroatoms. The molecule has 0 heterocycles. The van der Waals surface area contributed by atoms with Gasteiger partial charge in [0.2, 0.25) is 0 Å². The highest BCUT2D eigenvalue weighted by Gasteiger charge is 2.18. The molecule has 2 aromatic rings. The second kappa shape index (κ2) is 17.1. The van der Waals surface area contributed by atoms with Crippen LogP contribution in [-0.4, -0.2) is 83.1 Å². The van der Waals surface area contributed by atoms with Crippen LogP contribution in [0, 0.1) is 0 Å². The number of unbranched alkanes of at least 4 members (excludes halogenated alkanes) is 1. The third-order valence-corrected chi connectivity index (χ3v) is 5.96. The lowest BCUT2D eigenvalue weighted by atomic mass is 10.1. The highest BCUT2D eigenvalue weighted by molar-refractivity contribution is 5.97. The minimum absolute atomic E-state index is 0.00275. The zero-order valence-corrected chi connectivity index (χ0v) is 25.6. The van der Waals surface area contributed by atoms with Gasteiger partial charge >= 0.3 is 5.97 Å². The Morgan fingerprint density at radius 2 is 1.50 bits per heavy atom. The average molecular weight is 610 g/mol. The average Bonchev–Trinajstić information content (AvgIpc) is 2.98. The Morgan fingerprint density at radius 3 is 2.09 bits per heavy atom. The van der Waals surface area contributed by atoms with Crippen molar-refractivity contribution < 1.29 is 38.9 Å².